The van der Waals surface area contributed by atoms with Crippen molar-refractivity contribution in [3.8, 4) is 0 Å². The molecule has 1 fully saturated rings. The molecule has 1 aliphatic rings. The van der Waals surface area contributed by atoms with E-state index in [4.69, 9.17) is 9.47 Å². The lowest BCUT2D eigenvalue weighted by Crippen LogP contribution is -2.26. The summed E-state index contributed by atoms with van der Waals surface area (Å²) in [5.41, 5.74) is 1.24. The number of rotatable bonds is 4. The number of hydrogen-bond acceptors (Lipinski definition) is 2. The second-order valence-electron chi connectivity index (χ2n) is 4.12. The third kappa shape index (κ3) is 3.12. The van der Waals surface area contributed by atoms with Gasteiger partial charge in [0.1, 0.15) is 0 Å². The van der Waals surface area contributed by atoms with Crippen LogP contribution in [0.15, 0.2) is 12.2 Å². The molecule has 1 saturated heterocycles. The molecule has 0 N–H and O–H groups in total. The van der Waals surface area contributed by atoms with Gasteiger partial charge >= 0.3 is 0 Å². The molecular formula is C11H20O2. The summed E-state index contributed by atoms with van der Waals surface area (Å²) in [5.74, 6) is 0.230. The molecule has 0 bridgehead atoms. The minimum absolute atomic E-state index is 0.330. The normalized spacial score (nSPS) is 23.0. The predicted octanol–water partition coefficient (Wildman–Crippen LogP) is 2.74. The first kappa shape index (κ1) is 10.7. The molecule has 0 aromatic rings. The first-order valence-corrected chi connectivity index (χ1v) is 4.97. The van der Waals surface area contributed by atoms with E-state index in [9.17, 15) is 0 Å². The van der Waals surface area contributed by atoms with E-state index in [0.717, 1.165) is 26.1 Å². The van der Waals surface area contributed by atoms with Crippen LogP contribution in [0.5, 0.6) is 0 Å². The minimum atomic E-state index is -0.330. The summed E-state index contributed by atoms with van der Waals surface area (Å²) >= 11 is 0. The molecule has 2 nitrogen and oxygen atoms in total. The lowest BCUT2D eigenvalue weighted by molar-refractivity contribution is -0.148. The van der Waals surface area contributed by atoms with Gasteiger partial charge in [0, 0.05) is 6.42 Å². The Morgan fingerprint density at radius 1 is 1.46 bits per heavy atom. The zero-order chi connectivity index (χ0) is 9.90. The first-order chi connectivity index (χ1) is 6.03. The lowest BCUT2D eigenvalue weighted by Gasteiger charge is -2.24. The van der Waals surface area contributed by atoms with E-state index in [2.05, 4.69) is 20.4 Å². The van der Waals surface area contributed by atoms with Crippen molar-refractivity contribution in [2.75, 3.05) is 13.2 Å². The van der Waals surface area contributed by atoms with Crippen LogP contribution in [-0.4, -0.2) is 19.0 Å². The molecule has 1 aliphatic heterocycles. The molecule has 0 spiro atoms. The smallest absolute Gasteiger partial charge is 0.165 e. The van der Waals surface area contributed by atoms with Crippen molar-refractivity contribution in [1.29, 1.82) is 0 Å². The molecule has 0 aliphatic carbocycles. The monoisotopic (exact) mass is 184 g/mol. The van der Waals surface area contributed by atoms with Crippen molar-refractivity contribution in [2.45, 2.75) is 39.4 Å². The summed E-state index contributed by atoms with van der Waals surface area (Å²) < 4.78 is 11.0. The van der Waals surface area contributed by atoms with Crippen molar-refractivity contribution in [1.82, 2.24) is 0 Å². The Balaban J connectivity index is 2.28. The van der Waals surface area contributed by atoms with Gasteiger partial charge in [0.2, 0.25) is 0 Å². The Hall–Kier alpha value is -0.340. The molecule has 0 radical (unpaired) electrons. The highest BCUT2D eigenvalue weighted by atomic mass is 16.7. The van der Waals surface area contributed by atoms with E-state index < -0.39 is 0 Å². The van der Waals surface area contributed by atoms with Crippen LogP contribution in [0.3, 0.4) is 0 Å². The van der Waals surface area contributed by atoms with Crippen molar-refractivity contribution in [2.24, 2.45) is 5.92 Å². The SMILES string of the molecule is C=C(C)C(C)CCC1(C)OCCO1. The highest BCUT2D eigenvalue weighted by Gasteiger charge is 2.30. The van der Waals surface area contributed by atoms with Crippen LogP contribution >= 0.6 is 0 Å². The van der Waals surface area contributed by atoms with Crippen LogP contribution < -0.4 is 0 Å². The van der Waals surface area contributed by atoms with Crippen molar-refractivity contribution in [3.63, 3.8) is 0 Å². The second kappa shape index (κ2) is 4.25. The first-order valence-electron chi connectivity index (χ1n) is 4.97. The Morgan fingerprint density at radius 2 is 2.00 bits per heavy atom. The number of hydrogen-bond donors (Lipinski definition) is 0. The van der Waals surface area contributed by atoms with Gasteiger partial charge in [-0.2, -0.15) is 0 Å². The van der Waals surface area contributed by atoms with Gasteiger partial charge < -0.3 is 9.47 Å². The summed E-state index contributed by atoms with van der Waals surface area (Å²) in [6.07, 6.45) is 2.05. The number of allylic oxidation sites excluding steroid dienone is 1. The van der Waals surface area contributed by atoms with Gasteiger partial charge in [-0.25, -0.2) is 0 Å². The lowest BCUT2D eigenvalue weighted by atomic mass is 9.96. The van der Waals surface area contributed by atoms with Crippen LogP contribution in [0.25, 0.3) is 0 Å². The van der Waals surface area contributed by atoms with E-state index in [0.29, 0.717) is 5.92 Å². The highest BCUT2D eigenvalue weighted by molar-refractivity contribution is 4.94. The molecule has 0 aromatic carbocycles. The average molecular weight is 184 g/mol. The molecule has 1 unspecified atom stereocenters. The Bertz CT molecular complexity index is 181. The summed E-state index contributed by atoms with van der Waals surface area (Å²) in [5, 5.41) is 0. The molecular weight excluding hydrogens is 164 g/mol. The predicted molar refractivity (Wildman–Crippen MR) is 53.5 cm³/mol. The van der Waals surface area contributed by atoms with Crippen LogP contribution in [-0.2, 0) is 9.47 Å². The van der Waals surface area contributed by atoms with Crippen LogP contribution in [0.2, 0.25) is 0 Å². The topological polar surface area (TPSA) is 18.5 Å². The maximum absolute atomic E-state index is 5.52. The van der Waals surface area contributed by atoms with Crippen molar-refractivity contribution in [3.05, 3.63) is 12.2 Å². The van der Waals surface area contributed by atoms with Gasteiger partial charge in [0.25, 0.3) is 0 Å². The summed E-state index contributed by atoms with van der Waals surface area (Å²) in [6, 6.07) is 0. The fraction of sp³-hybridized carbons (Fsp3) is 0.818. The fourth-order valence-electron chi connectivity index (χ4n) is 1.43. The van der Waals surface area contributed by atoms with Crippen LogP contribution in [0.4, 0.5) is 0 Å². The quantitative estimate of drug-likeness (QED) is 0.625. The van der Waals surface area contributed by atoms with Gasteiger partial charge in [-0.15, -0.1) is 0 Å². The van der Waals surface area contributed by atoms with Gasteiger partial charge in [0.15, 0.2) is 5.79 Å². The Kier molecular flexibility index (Phi) is 3.51. The summed E-state index contributed by atoms with van der Waals surface area (Å²) in [7, 11) is 0. The van der Waals surface area contributed by atoms with E-state index in [1.165, 1.54) is 5.57 Å². The third-order valence-corrected chi connectivity index (χ3v) is 2.77. The van der Waals surface area contributed by atoms with Crippen molar-refractivity contribution >= 4 is 0 Å². The molecule has 1 heterocycles. The molecule has 0 aromatic heterocycles. The summed E-state index contributed by atoms with van der Waals surface area (Å²) in [6.45, 7) is 11.7. The van der Waals surface area contributed by atoms with E-state index in [1.54, 1.807) is 0 Å². The Labute approximate surface area is 80.9 Å². The van der Waals surface area contributed by atoms with E-state index >= 15 is 0 Å². The highest BCUT2D eigenvalue weighted by Crippen LogP contribution is 2.27. The molecule has 13 heavy (non-hydrogen) atoms. The van der Waals surface area contributed by atoms with E-state index in [1.807, 2.05) is 6.92 Å². The fourth-order valence-corrected chi connectivity index (χ4v) is 1.43. The molecule has 0 saturated carbocycles. The molecule has 1 atom stereocenters. The zero-order valence-corrected chi connectivity index (χ0v) is 8.93. The Morgan fingerprint density at radius 3 is 2.46 bits per heavy atom. The molecule has 2 heteroatoms. The maximum Gasteiger partial charge on any atom is 0.165 e. The maximum atomic E-state index is 5.52. The van der Waals surface area contributed by atoms with Crippen LogP contribution in [0.1, 0.15) is 33.6 Å². The molecule has 1 rings (SSSR count). The second-order valence-corrected chi connectivity index (χ2v) is 4.12. The third-order valence-electron chi connectivity index (χ3n) is 2.77. The van der Waals surface area contributed by atoms with E-state index in [-0.39, 0.29) is 5.79 Å². The van der Waals surface area contributed by atoms with Gasteiger partial charge in [0.05, 0.1) is 13.2 Å². The van der Waals surface area contributed by atoms with Crippen molar-refractivity contribution < 1.29 is 9.47 Å². The van der Waals surface area contributed by atoms with Gasteiger partial charge in [-0.3, -0.25) is 0 Å². The molecule has 0 amide bonds. The van der Waals surface area contributed by atoms with Gasteiger partial charge in [-0.1, -0.05) is 19.1 Å². The standard InChI is InChI=1S/C11H20O2/c1-9(2)10(3)5-6-11(4)12-7-8-13-11/h10H,1,5-8H2,2-4H3. The summed E-state index contributed by atoms with van der Waals surface area (Å²) in [4.78, 5) is 0. The largest absolute Gasteiger partial charge is 0.348 e. The number of ether oxygens (including phenoxy) is 2. The minimum Gasteiger partial charge on any atom is -0.348 e. The van der Waals surface area contributed by atoms with Crippen LogP contribution in [0, 0.1) is 5.92 Å². The zero-order valence-electron chi connectivity index (χ0n) is 8.93. The van der Waals surface area contributed by atoms with Gasteiger partial charge in [-0.05, 0) is 26.2 Å². The average Bonchev–Trinajstić information content (AvgIpc) is 2.48. The molecule has 76 valence electrons.